The summed E-state index contributed by atoms with van der Waals surface area (Å²) in [5, 5.41) is 8.25. The number of rotatable bonds is 5. The molecule has 1 aromatic carbocycles. The van der Waals surface area contributed by atoms with Crippen molar-refractivity contribution in [2.45, 2.75) is 32.5 Å². The van der Waals surface area contributed by atoms with Crippen LogP contribution in [0.4, 0.5) is 5.82 Å². The number of aromatic amines is 1. The molecule has 1 N–H and O–H groups in total. The Morgan fingerprint density at radius 2 is 1.89 bits per heavy atom. The summed E-state index contributed by atoms with van der Waals surface area (Å²) in [5.41, 5.74) is 2.84. The Balaban J connectivity index is 1.37. The van der Waals surface area contributed by atoms with Gasteiger partial charge >= 0.3 is 0 Å². The fourth-order valence-corrected chi connectivity index (χ4v) is 8.33. The topological polar surface area (TPSA) is 108 Å². The zero-order valence-corrected chi connectivity index (χ0v) is 22.8. The van der Waals surface area contributed by atoms with E-state index in [0.29, 0.717) is 32.1 Å². The number of hydrogen-bond donors (Lipinski definition) is 1. The lowest BCUT2D eigenvalue weighted by Gasteiger charge is -2.42. The third-order valence-corrected chi connectivity index (χ3v) is 9.71. The van der Waals surface area contributed by atoms with Crippen LogP contribution < -0.4 is 4.90 Å². The van der Waals surface area contributed by atoms with Crippen LogP contribution in [-0.2, 0) is 21.3 Å². The Kier molecular flexibility index (Phi) is 6.40. The SMILES string of the molecule is C[C@@H]1CN(Cc2cc3nc(-c4cccc5[nH]ncc45)nc(N4CCOCC4)c3s2)C[C@H](C)N1S(C)(=O)=O. The number of benzene rings is 1. The smallest absolute Gasteiger partial charge is 0.211 e. The standard InChI is InChI=1S/C25H31N7O3S2/c1-16-13-30(14-17(2)32(16)37(3,33)34)15-18-11-22-23(36-18)25(31-7-9-35-10-8-31)28-24(27-22)19-5-4-6-21-20(19)12-26-29-21/h4-6,11-12,16-17H,7-10,13-15H2,1-3H3,(H,26,29)/t16-,17+. The van der Waals surface area contributed by atoms with Crippen molar-refractivity contribution in [1.82, 2.24) is 29.4 Å². The lowest BCUT2D eigenvalue weighted by molar-refractivity contribution is 0.0977. The van der Waals surface area contributed by atoms with Gasteiger partial charge in [0.2, 0.25) is 10.0 Å². The number of anilines is 1. The number of piperazine rings is 1. The van der Waals surface area contributed by atoms with Crippen LogP contribution in [0.3, 0.4) is 0 Å². The van der Waals surface area contributed by atoms with Gasteiger partial charge in [-0.2, -0.15) is 9.40 Å². The Bertz CT molecular complexity index is 1530. The molecule has 37 heavy (non-hydrogen) atoms. The van der Waals surface area contributed by atoms with Crippen LogP contribution in [0.25, 0.3) is 32.5 Å². The number of fused-ring (bicyclic) bond motifs is 2. The molecule has 0 spiro atoms. The van der Waals surface area contributed by atoms with Gasteiger partial charge in [0, 0.05) is 60.6 Å². The highest BCUT2D eigenvalue weighted by atomic mass is 32.2. The number of morpholine rings is 1. The minimum atomic E-state index is -3.23. The zero-order chi connectivity index (χ0) is 25.7. The summed E-state index contributed by atoms with van der Waals surface area (Å²) >= 11 is 1.73. The molecular weight excluding hydrogens is 510 g/mol. The van der Waals surface area contributed by atoms with Crippen molar-refractivity contribution < 1.29 is 13.2 Å². The summed E-state index contributed by atoms with van der Waals surface area (Å²) in [6.07, 6.45) is 3.12. The maximum Gasteiger partial charge on any atom is 0.211 e. The molecule has 0 aliphatic carbocycles. The lowest BCUT2D eigenvalue weighted by Crippen LogP contribution is -2.57. The van der Waals surface area contributed by atoms with Crippen LogP contribution in [0.15, 0.2) is 30.5 Å². The first kappa shape index (κ1) is 24.7. The number of aromatic nitrogens is 4. The highest BCUT2D eigenvalue weighted by Gasteiger charge is 2.35. The van der Waals surface area contributed by atoms with Crippen LogP contribution >= 0.6 is 11.3 Å². The summed E-state index contributed by atoms with van der Waals surface area (Å²) in [6, 6.07) is 8.07. The van der Waals surface area contributed by atoms with Crippen LogP contribution in [0.2, 0.25) is 0 Å². The number of nitrogens with one attached hydrogen (secondary N) is 1. The Morgan fingerprint density at radius 1 is 1.14 bits per heavy atom. The molecule has 0 amide bonds. The molecule has 2 saturated heterocycles. The first-order valence-electron chi connectivity index (χ1n) is 12.5. The molecule has 2 atom stereocenters. The van der Waals surface area contributed by atoms with Gasteiger partial charge in [-0.05, 0) is 26.0 Å². The minimum absolute atomic E-state index is 0.0705. The van der Waals surface area contributed by atoms with Crippen molar-refractivity contribution in [1.29, 1.82) is 0 Å². The molecule has 4 aromatic rings. The second kappa shape index (κ2) is 9.59. The van der Waals surface area contributed by atoms with E-state index in [-0.39, 0.29) is 12.1 Å². The van der Waals surface area contributed by atoms with Gasteiger partial charge in [-0.15, -0.1) is 11.3 Å². The third kappa shape index (κ3) is 4.72. The molecule has 196 valence electrons. The van der Waals surface area contributed by atoms with Gasteiger partial charge in [0.25, 0.3) is 0 Å². The summed E-state index contributed by atoms with van der Waals surface area (Å²) in [6.45, 7) is 9.05. The van der Waals surface area contributed by atoms with E-state index >= 15 is 0 Å². The van der Waals surface area contributed by atoms with Gasteiger partial charge in [0.05, 0.1) is 41.4 Å². The average Bonchev–Trinajstić information content (AvgIpc) is 3.49. The number of nitrogens with zero attached hydrogens (tertiary/aromatic N) is 6. The first-order chi connectivity index (χ1) is 17.8. The van der Waals surface area contributed by atoms with Crippen LogP contribution in [0, 0.1) is 0 Å². The third-order valence-electron chi connectivity index (χ3n) is 7.12. The number of H-pyrrole nitrogens is 1. The van der Waals surface area contributed by atoms with Crippen molar-refractivity contribution in [3.05, 3.63) is 35.3 Å². The van der Waals surface area contributed by atoms with Gasteiger partial charge < -0.3 is 9.64 Å². The molecular formula is C25H31N7O3S2. The largest absolute Gasteiger partial charge is 0.378 e. The Labute approximate surface area is 220 Å². The molecule has 0 saturated carbocycles. The monoisotopic (exact) mass is 541 g/mol. The summed E-state index contributed by atoms with van der Waals surface area (Å²) in [7, 11) is -3.23. The number of ether oxygens (including phenoxy) is 1. The lowest BCUT2D eigenvalue weighted by atomic mass is 10.1. The molecule has 6 rings (SSSR count). The van der Waals surface area contributed by atoms with Crippen LogP contribution in [0.5, 0.6) is 0 Å². The van der Waals surface area contributed by atoms with Gasteiger partial charge in [-0.1, -0.05) is 12.1 Å². The van der Waals surface area contributed by atoms with Crippen molar-refractivity contribution in [2.75, 3.05) is 50.5 Å². The Hall–Kier alpha value is -2.64. The van der Waals surface area contributed by atoms with E-state index in [9.17, 15) is 8.42 Å². The molecule has 2 fully saturated rings. The molecule has 5 heterocycles. The van der Waals surface area contributed by atoms with Crippen LogP contribution in [-0.4, -0.2) is 95.5 Å². The molecule has 2 aliphatic heterocycles. The average molecular weight is 542 g/mol. The Morgan fingerprint density at radius 3 is 2.62 bits per heavy atom. The number of sulfonamides is 1. The predicted octanol–water partition coefficient (Wildman–Crippen LogP) is 2.93. The van der Waals surface area contributed by atoms with E-state index in [2.05, 4.69) is 26.1 Å². The van der Waals surface area contributed by atoms with Crippen molar-refractivity contribution >= 4 is 48.3 Å². The molecule has 3 aromatic heterocycles. The minimum Gasteiger partial charge on any atom is -0.378 e. The van der Waals surface area contributed by atoms with E-state index in [4.69, 9.17) is 14.7 Å². The predicted molar refractivity (Wildman–Crippen MR) is 146 cm³/mol. The quantitative estimate of drug-likeness (QED) is 0.411. The van der Waals surface area contributed by atoms with E-state index in [1.165, 1.54) is 11.1 Å². The normalized spacial score (nSPS) is 22.3. The molecule has 2 aliphatic rings. The van der Waals surface area contributed by atoms with E-state index < -0.39 is 10.0 Å². The maximum atomic E-state index is 12.3. The number of thiophene rings is 1. The van der Waals surface area contributed by atoms with Gasteiger partial charge in [-0.3, -0.25) is 10.00 Å². The van der Waals surface area contributed by atoms with Crippen LogP contribution in [0.1, 0.15) is 18.7 Å². The van der Waals surface area contributed by atoms with E-state index in [0.717, 1.165) is 52.1 Å². The molecule has 0 radical (unpaired) electrons. The first-order valence-corrected chi connectivity index (χ1v) is 15.2. The summed E-state index contributed by atoms with van der Waals surface area (Å²) in [5.74, 6) is 1.64. The maximum absolute atomic E-state index is 12.3. The molecule has 10 nitrogen and oxygen atoms in total. The van der Waals surface area contributed by atoms with Gasteiger partial charge in [0.1, 0.15) is 0 Å². The summed E-state index contributed by atoms with van der Waals surface area (Å²) < 4.78 is 32.9. The van der Waals surface area contributed by atoms with Crippen molar-refractivity contribution in [3.63, 3.8) is 0 Å². The second-order valence-electron chi connectivity index (χ2n) is 10.0. The zero-order valence-electron chi connectivity index (χ0n) is 21.2. The van der Waals surface area contributed by atoms with Gasteiger partial charge in [-0.25, -0.2) is 18.4 Å². The number of hydrogen-bond acceptors (Lipinski definition) is 9. The fourth-order valence-electron chi connectivity index (χ4n) is 5.74. The molecule has 0 bridgehead atoms. The molecule has 0 unspecified atom stereocenters. The van der Waals surface area contributed by atoms with Crippen molar-refractivity contribution in [3.8, 4) is 11.4 Å². The second-order valence-corrected chi connectivity index (χ2v) is 13.0. The highest BCUT2D eigenvalue weighted by Crippen LogP contribution is 2.36. The molecule has 12 heteroatoms. The highest BCUT2D eigenvalue weighted by molar-refractivity contribution is 7.88. The van der Waals surface area contributed by atoms with E-state index in [1.807, 2.05) is 38.2 Å². The van der Waals surface area contributed by atoms with Gasteiger partial charge in [0.15, 0.2) is 11.6 Å². The summed E-state index contributed by atoms with van der Waals surface area (Å²) in [4.78, 5) is 15.9. The van der Waals surface area contributed by atoms with E-state index in [1.54, 1.807) is 15.6 Å². The fraction of sp³-hybridized carbons (Fsp3) is 0.480. The van der Waals surface area contributed by atoms with Crippen molar-refractivity contribution in [2.24, 2.45) is 0 Å².